The Morgan fingerprint density at radius 1 is 1.05 bits per heavy atom. The van der Waals surface area contributed by atoms with E-state index in [-0.39, 0.29) is 6.04 Å². The number of methoxy groups -OCH3 is 1. The van der Waals surface area contributed by atoms with Crippen molar-refractivity contribution in [1.29, 1.82) is 0 Å². The van der Waals surface area contributed by atoms with Crippen LogP contribution in [0.25, 0.3) is 0 Å². The Morgan fingerprint density at radius 3 is 2.33 bits per heavy atom. The van der Waals surface area contributed by atoms with E-state index in [0.29, 0.717) is 0 Å². The number of hydrogen-bond donors (Lipinski definition) is 1. The lowest BCUT2D eigenvalue weighted by molar-refractivity contribution is 0.404. The number of ether oxygens (including phenoxy) is 1. The second kappa shape index (κ2) is 7.28. The number of benzene rings is 2. The molecule has 0 aliphatic heterocycles. The lowest BCUT2D eigenvalue weighted by Gasteiger charge is -2.16. The summed E-state index contributed by atoms with van der Waals surface area (Å²) in [6.45, 7) is 4.26. The van der Waals surface area contributed by atoms with Crippen LogP contribution in [0.15, 0.2) is 42.5 Å². The van der Waals surface area contributed by atoms with Gasteiger partial charge in [-0.3, -0.25) is 0 Å². The maximum atomic E-state index is 6.36. The molecule has 2 heteroatoms. The highest BCUT2D eigenvalue weighted by Crippen LogP contribution is 2.27. The molecule has 0 saturated heterocycles. The molecule has 0 aliphatic carbocycles. The van der Waals surface area contributed by atoms with Crippen LogP contribution in [-0.2, 0) is 12.8 Å². The molecule has 0 heterocycles. The minimum absolute atomic E-state index is 0.00528. The fourth-order valence-electron chi connectivity index (χ4n) is 2.56. The van der Waals surface area contributed by atoms with Gasteiger partial charge in [-0.2, -0.15) is 0 Å². The Morgan fingerprint density at radius 2 is 1.71 bits per heavy atom. The average molecular weight is 283 g/mol. The normalized spacial score (nSPS) is 12.2. The Hall–Kier alpha value is -1.80. The summed E-state index contributed by atoms with van der Waals surface area (Å²) in [7, 11) is 1.70. The second-order valence-corrected chi connectivity index (χ2v) is 5.56. The molecule has 0 aliphatic rings. The summed E-state index contributed by atoms with van der Waals surface area (Å²) in [5, 5.41) is 0. The molecule has 112 valence electrons. The number of hydrogen-bond acceptors (Lipinski definition) is 2. The first kappa shape index (κ1) is 15.6. The summed E-state index contributed by atoms with van der Waals surface area (Å²) in [4.78, 5) is 0. The lowest BCUT2D eigenvalue weighted by Crippen LogP contribution is -2.13. The van der Waals surface area contributed by atoms with Crippen molar-refractivity contribution < 1.29 is 4.74 Å². The second-order valence-electron chi connectivity index (χ2n) is 5.56. The van der Waals surface area contributed by atoms with Crippen molar-refractivity contribution in [3.63, 3.8) is 0 Å². The molecule has 1 atom stereocenters. The van der Waals surface area contributed by atoms with E-state index in [0.717, 1.165) is 30.6 Å². The summed E-state index contributed by atoms with van der Waals surface area (Å²) >= 11 is 0. The molecule has 0 bridgehead atoms. The summed E-state index contributed by atoms with van der Waals surface area (Å²) in [5.74, 6) is 0.884. The Labute approximate surface area is 127 Å². The predicted octanol–water partition coefficient (Wildman–Crippen LogP) is 4.20. The van der Waals surface area contributed by atoms with Crippen molar-refractivity contribution >= 4 is 0 Å². The molecule has 0 saturated carbocycles. The molecule has 1 unspecified atom stereocenters. The molecule has 0 fully saturated rings. The lowest BCUT2D eigenvalue weighted by atomic mass is 9.97. The van der Waals surface area contributed by atoms with Crippen LogP contribution in [0.4, 0.5) is 0 Å². The molecule has 21 heavy (non-hydrogen) atoms. The van der Waals surface area contributed by atoms with Gasteiger partial charge in [0, 0.05) is 11.6 Å². The fraction of sp³-hybridized carbons (Fsp3) is 0.368. The van der Waals surface area contributed by atoms with Crippen molar-refractivity contribution in [1.82, 2.24) is 0 Å². The smallest absolute Gasteiger partial charge is 0.123 e. The van der Waals surface area contributed by atoms with Gasteiger partial charge in [-0.05, 0) is 43.4 Å². The average Bonchev–Trinajstić information content (AvgIpc) is 2.53. The highest BCUT2D eigenvalue weighted by atomic mass is 16.5. The van der Waals surface area contributed by atoms with Crippen molar-refractivity contribution in [2.24, 2.45) is 5.73 Å². The van der Waals surface area contributed by atoms with Gasteiger partial charge in [0.05, 0.1) is 7.11 Å². The topological polar surface area (TPSA) is 35.2 Å². The fourth-order valence-corrected chi connectivity index (χ4v) is 2.56. The zero-order valence-electron chi connectivity index (χ0n) is 13.2. The first-order chi connectivity index (χ1) is 10.1. The molecule has 2 aromatic rings. The summed E-state index contributed by atoms with van der Waals surface area (Å²) in [5.41, 5.74) is 11.4. The summed E-state index contributed by atoms with van der Waals surface area (Å²) in [6, 6.07) is 15.0. The largest absolute Gasteiger partial charge is 0.496 e. The van der Waals surface area contributed by atoms with Gasteiger partial charge in [0.25, 0.3) is 0 Å². The van der Waals surface area contributed by atoms with Gasteiger partial charge in [-0.1, -0.05) is 48.9 Å². The molecule has 0 radical (unpaired) electrons. The molecule has 2 nitrogen and oxygen atoms in total. The molecular formula is C19H25NO. The maximum Gasteiger partial charge on any atom is 0.123 e. The third kappa shape index (κ3) is 4.08. The van der Waals surface area contributed by atoms with Crippen LogP contribution in [0.1, 0.15) is 41.6 Å². The molecule has 0 aromatic heterocycles. The highest BCUT2D eigenvalue weighted by molar-refractivity contribution is 5.39. The van der Waals surface area contributed by atoms with Crippen LogP contribution in [0, 0.1) is 6.92 Å². The van der Waals surface area contributed by atoms with E-state index in [1.165, 1.54) is 16.7 Å². The van der Waals surface area contributed by atoms with Crippen LogP contribution in [-0.4, -0.2) is 7.11 Å². The van der Waals surface area contributed by atoms with E-state index < -0.39 is 0 Å². The van der Waals surface area contributed by atoms with Gasteiger partial charge < -0.3 is 10.5 Å². The molecule has 0 spiro atoms. The van der Waals surface area contributed by atoms with Crippen molar-refractivity contribution in [3.8, 4) is 5.75 Å². The predicted molar refractivity (Wildman–Crippen MR) is 88.8 cm³/mol. The minimum atomic E-state index is 0.00528. The SMILES string of the molecule is CCc1ccc(CCC(N)c2cc(C)ccc2OC)cc1. The monoisotopic (exact) mass is 283 g/mol. The Balaban J connectivity index is 2.03. The van der Waals surface area contributed by atoms with Gasteiger partial charge in [-0.25, -0.2) is 0 Å². The number of nitrogens with two attached hydrogens (primary N) is 1. The highest BCUT2D eigenvalue weighted by Gasteiger charge is 2.12. The molecule has 2 N–H and O–H groups in total. The van der Waals surface area contributed by atoms with Crippen LogP contribution in [0.5, 0.6) is 5.75 Å². The van der Waals surface area contributed by atoms with Crippen LogP contribution < -0.4 is 10.5 Å². The summed E-state index contributed by atoms with van der Waals surface area (Å²) in [6.07, 6.45) is 2.99. The van der Waals surface area contributed by atoms with Crippen molar-refractivity contribution in [2.45, 2.75) is 39.2 Å². The first-order valence-corrected chi connectivity index (χ1v) is 7.62. The molecule has 0 amide bonds. The molecule has 2 rings (SSSR count). The van der Waals surface area contributed by atoms with Gasteiger partial charge in [-0.15, -0.1) is 0 Å². The Kier molecular flexibility index (Phi) is 5.40. The van der Waals surface area contributed by atoms with E-state index in [1.54, 1.807) is 7.11 Å². The van der Waals surface area contributed by atoms with Gasteiger partial charge in [0.1, 0.15) is 5.75 Å². The third-order valence-electron chi connectivity index (χ3n) is 3.96. The van der Waals surface area contributed by atoms with Gasteiger partial charge in [0.15, 0.2) is 0 Å². The van der Waals surface area contributed by atoms with Crippen molar-refractivity contribution in [2.75, 3.05) is 7.11 Å². The number of aryl methyl sites for hydroxylation is 3. The van der Waals surface area contributed by atoms with E-state index in [4.69, 9.17) is 10.5 Å². The zero-order valence-corrected chi connectivity index (χ0v) is 13.2. The van der Waals surface area contributed by atoms with E-state index >= 15 is 0 Å². The van der Waals surface area contributed by atoms with E-state index in [2.05, 4.69) is 50.2 Å². The van der Waals surface area contributed by atoms with Crippen molar-refractivity contribution in [3.05, 3.63) is 64.7 Å². The Bertz CT molecular complexity index is 575. The summed E-state index contributed by atoms with van der Waals surface area (Å²) < 4.78 is 5.42. The van der Waals surface area contributed by atoms with Gasteiger partial charge >= 0.3 is 0 Å². The van der Waals surface area contributed by atoms with Gasteiger partial charge in [0.2, 0.25) is 0 Å². The maximum absolute atomic E-state index is 6.36. The zero-order chi connectivity index (χ0) is 15.2. The minimum Gasteiger partial charge on any atom is -0.496 e. The number of rotatable bonds is 6. The third-order valence-corrected chi connectivity index (χ3v) is 3.96. The van der Waals surface area contributed by atoms with E-state index in [9.17, 15) is 0 Å². The standard InChI is InChI=1S/C19H25NO/c1-4-15-6-8-16(9-7-15)10-11-18(20)17-13-14(2)5-12-19(17)21-3/h5-9,12-13,18H,4,10-11,20H2,1-3H3. The molecular weight excluding hydrogens is 258 g/mol. The van der Waals surface area contributed by atoms with E-state index in [1.807, 2.05) is 6.07 Å². The quantitative estimate of drug-likeness (QED) is 0.862. The first-order valence-electron chi connectivity index (χ1n) is 7.62. The molecule has 2 aromatic carbocycles. The van der Waals surface area contributed by atoms with Crippen LogP contribution in [0.3, 0.4) is 0 Å². The van der Waals surface area contributed by atoms with Crippen LogP contribution >= 0.6 is 0 Å². The van der Waals surface area contributed by atoms with Crippen LogP contribution in [0.2, 0.25) is 0 Å².